The first kappa shape index (κ1) is 13.0. The van der Waals surface area contributed by atoms with Gasteiger partial charge in [-0.25, -0.2) is 4.98 Å². The summed E-state index contributed by atoms with van der Waals surface area (Å²) in [7, 11) is 0. The summed E-state index contributed by atoms with van der Waals surface area (Å²) in [6, 6.07) is 6.94. The molecule has 0 atom stereocenters. The Morgan fingerprint density at radius 2 is 2.24 bits per heavy atom. The van der Waals surface area contributed by atoms with Crippen molar-refractivity contribution in [3.63, 3.8) is 0 Å². The van der Waals surface area contributed by atoms with Crippen molar-refractivity contribution < 1.29 is 9.32 Å². The van der Waals surface area contributed by atoms with Crippen molar-refractivity contribution in [2.24, 2.45) is 0 Å². The van der Waals surface area contributed by atoms with Gasteiger partial charge >= 0.3 is 0 Å². The topological polar surface area (TPSA) is 89.5 Å². The van der Waals surface area contributed by atoms with E-state index in [0.29, 0.717) is 11.3 Å². The van der Waals surface area contributed by atoms with Crippen molar-refractivity contribution in [2.75, 3.05) is 0 Å². The highest BCUT2D eigenvalue weighted by atomic mass is 16.5. The third kappa shape index (κ3) is 2.40. The number of rotatable bonds is 3. The van der Waals surface area contributed by atoms with Crippen LogP contribution in [0.1, 0.15) is 21.7 Å². The van der Waals surface area contributed by atoms with Crippen LogP contribution in [0.4, 0.5) is 0 Å². The standard InChI is InChI=1S/C14H12N4O3/c1-9-3-2-4-12-15-8-11(14(20)18(9)12)13(19)16-7-10-5-6-21-17-10/h2-6,8H,7H2,1H3,(H,16,19). The van der Waals surface area contributed by atoms with E-state index in [9.17, 15) is 9.59 Å². The number of hydrogen-bond donors (Lipinski definition) is 1. The fraction of sp³-hybridized carbons (Fsp3) is 0.143. The number of pyridine rings is 1. The van der Waals surface area contributed by atoms with Gasteiger partial charge in [0.2, 0.25) is 0 Å². The van der Waals surface area contributed by atoms with Crippen LogP contribution < -0.4 is 10.9 Å². The van der Waals surface area contributed by atoms with Crippen LogP contribution in [0.2, 0.25) is 0 Å². The Hall–Kier alpha value is -2.96. The Morgan fingerprint density at radius 3 is 3.00 bits per heavy atom. The van der Waals surface area contributed by atoms with Crippen LogP contribution in [0.15, 0.2) is 46.0 Å². The third-order valence-corrected chi connectivity index (χ3v) is 3.09. The molecule has 21 heavy (non-hydrogen) atoms. The zero-order valence-corrected chi connectivity index (χ0v) is 11.2. The lowest BCUT2D eigenvalue weighted by molar-refractivity contribution is 0.0948. The molecular weight excluding hydrogens is 272 g/mol. The van der Waals surface area contributed by atoms with Gasteiger partial charge in [0.1, 0.15) is 23.2 Å². The maximum Gasteiger partial charge on any atom is 0.270 e. The van der Waals surface area contributed by atoms with Crippen molar-refractivity contribution >= 4 is 11.6 Å². The molecule has 0 saturated carbocycles. The van der Waals surface area contributed by atoms with E-state index < -0.39 is 11.5 Å². The summed E-state index contributed by atoms with van der Waals surface area (Å²) in [6.07, 6.45) is 2.70. The minimum absolute atomic E-state index is 0.00899. The van der Waals surface area contributed by atoms with Gasteiger partial charge in [0.25, 0.3) is 11.5 Å². The van der Waals surface area contributed by atoms with Crippen LogP contribution >= 0.6 is 0 Å². The Labute approximate surface area is 119 Å². The van der Waals surface area contributed by atoms with Crippen molar-refractivity contribution in [1.29, 1.82) is 0 Å². The van der Waals surface area contributed by atoms with Crippen LogP contribution in [-0.4, -0.2) is 20.4 Å². The van der Waals surface area contributed by atoms with Gasteiger partial charge in [0.15, 0.2) is 0 Å². The summed E-state index contributed by atoms with van der Waals surface area (Å²) in [5.74, 6) is -0.492. The monoisotopic (exact) mass is 284 g/mol. The van der Waals surface area contributed by atoms with E-state index in [-0.39, 0.29) is 12.1 Å². The van der Waals surface area contributed by atoms with E-state index in [1.165, 1.54) is 16.9 Å². The molecule has 1 N–H and O–H groups in total. The lowest BCUT2D eigenvalue weighted by Gasteiger charge is -2.06. The van der Waals surface area contributed by atoms with Crippen molar-refractivity contribution in [1.82, 2.24) is 19.9 Å². The molecule has 0 aliphatic carbocycles. The molecule has 106 valence electrons. The molecular formula is C14H12N4O3. The average molecular weight is 284 g/mol. The molecule has 0 bridgehead atoms. The van der Waals surface area contributed by atoms with Gasteiger partial charge in [-0.15, -0.1) is 0 Å². The Balaban J connectivity index is 1.93. The van der Waals surface area contributed by atoms with E-state index in [2.05, 4.69) is 20.0 Å². The lowest BCUT2D eigenvalue weighted by atomic mass is 10.2. The zero-order chi connectivity index (χ0) is 14.8. The highest BCUT2D eigenvalue weighted by molar-refractivity contribution is 5.93. The van der Waals surface area contributed by atoms with Crippen LogP contribution in [0, 0.1) is 6.92 Å². The van der Waals surface area contributed by atoms with E-state index in [0.717, 1.165) is 5.69 Å². The van der Waals surface area contributed by atoms with Gasteiger partial charge in [-0.05, 0) is 19.1 Å². The molecule has 0 fully saturated rings. The van der Waals surface area contributed by atoms with Crippen molar-refractivity contribution in [2.45, 2.75) is 13.5 Å². The molecule has 0 radical (unpaired) electrons. The fourth-order valence-corrected chi connectivity index (χ4v) is 2.03. The molecule has 0 spiro atoms. The molecule has 3 rings (SSSR count). The zero-order valence-electron chi connectivity index (χ0n) is 11.2. The Bertz CT molecular complexity index is 852. The molecule has 0 saturated heterocycles. The molecule has 0 aromatic carbocycles. The fourth-order valence-electron chi connectivity index (χ4n) is 2.03. The third-order valence-electron chi connectivity index (χ3n) is 3.09. The van der Waals surface area contributed by atoms with Crippen LogP contribution in [-0.2, 0) is 6.54 Å². The minimum Gasteiger partial charge on any atom is -0.364 e. The number of aryl methyl sites for hydroxylation is 1. The van der Waals surface area contributed by atoms with Gasteiger partial charge in [0, 0.05) is 18.0 Å². The summed E-state index contributed by atoms with van der Waals surface area (Å²) >= 11 is 0. The number of aromatic nitrogens is 3. The largest absolute Gasteiger partial charge is 0.364 e. The molecule has 7 heteroatoms. The normalized spacial score (nSPS) is 10.7. The molecule has 7 nitrogen and oxygen atoms in total. The van der Waals surface area contributed by atoms with Crippen LogP contribution in [0.5, 0.6) is 0 Å². The summed E-state index contributed by atoms with van der Waals surface area (Å²) in [6.45, 7) is 1.97. The van der Waals surface area contributed by atoms with Gasteiger partial charge < -0.3 is 9.84 Å². The second-order valence-electron chi connectivity index (χ2n) is 4.51. The second kappa shape index (κ2) is 5.20. The average Bonchev–Trinajstić information content (AvgIpc) is 2.98. The summed E-state index contributed by atoms with van der Waals surface area (Å²) < 4.78 is 6.08. The molecule has 3 aromatic heterocycles. The number of carbonyl (C=O) groups excluding carboxylic acids is 1. The number of carbonyl (C=O) groups is 1. The number of nitrogens with one attached hydrogen (secondary N) is 1. The van der Waals surface area contributed by atoms with Crippen LogP contribution in [0.3, 0.4) is 0 Å². The van der Waals surface area contributed by atoms with Gasteiger partial charge in [-0.3, -0.25) is 14.0 Å². The predicted molar refractivity (Wildman–Crippen MR) is 73.9 cm³/mol. The van der Waals surface area contributed by atoms with E-state index >= 15 is 0 Å². The number of fused-ring (bicyclic) bond motifs is 1. The van der Waals surface area contributed by atoms with E-state index in [1.54, 1.807) is 31.2 Å². The smallest absolute Gasteiger partial charge is 0.270 e. The lowest BCUT2D eigenvalue weighted by Crippen LogP contribution is -2.32. The molecule has 3 heterocycles. The SMILES string of the molecule is Cc1cccc2ncc(C(=O)NCc3ccon3)c(=O)n12. The molecule has 0 aliphatic rings. The molecule has 0 unspecified atom stereocenters. The number of amides is 1. The summed E-state index contributed by atoms with van der Waals surface area (Å²) in [5, 5.41) is 6.29. The van der Waals surface area contributed by atoms with Crippen molar-refractivity contribution in [3.05, 3.63) is 64.0 Å². The van der Waals surface area contributed by atoms with Gasteiger partial charge in [0.05, 0.1) is 6.54 Å². The first-order chi connectivity index (χ1) is 10.2. The second-order valence-corrected chi connectivity index (χ2v) is 4.51. The number of hydrogen-bond acceptors (Lipinski definition) is 5. The molecule has 1 amide bonds. The quantitative estimate of drug-likeness (QED) is 0.772. The van der Waals surface area contributed by atoms with Gasteiger partial charge in [-0.1, -0.05) is 11.2 Å². The van der Waals surface area contributed by atoms with Crippen molar-refractivity contribution in [3.8, 4) is 0 Å². The maximum atomic E-state index is 12.4. The summed E-state index contributed by atoms with van der Waals surface area (Å²) in [5.41, 5.74) is 1.40. The molecule has 3 aromatic rings. The molecule has 0 aliphatic heterocycles. The first-order valence-electron chi connectivity index (χ1n) is 6.31. The van der Waals surface area contributed by atoms with E-state index in [4.69, 9.17) is 0 Å². The number of nitrogens with zero attached hydrogens (tertiary/aromatic N) is 3. The highest BCUT2D eigenvalue weighted by Gasteiger charge is 2.14. The first-order valence-corrected chi connectivity index (χ1v) is 6.31. The highest BCUT2D eigenvalue weighted by Crippen LogP contribution is 2.02. The Kier molecular flexibility index (Phi) is 3.23. The predicted octanol–water partition coefficient (Wildman–Crippen LogP) is 0.921. The summed E-state index contributed by atoms with van der Waals surface area (Å²) in [4.78, 5) is 28.6. The minimum atomic E-state index is -0.492. The van der Waals surface area contributed by atoms with Gasteiger partial charge in [-0.2, -0.15) is 0 Å². The van der Waals surface area contributed by atoms with E-state index in [1.807, 2.05) is 0 Å². The maximum absolute atomic E-state index is 12.4. The van der Waals surface area contributed by atoms with Crippen LogP contribution in [0.25, 0.3) is 5.65 Å². The Morgan fingerprint density at radius 1 is 1.38 bits per heavy atom.